The maximum absolute atomic E-state index is 5.15. The van der Waals surface area contributed by atoms with Gasteiger partial charge < -0.3 is 25.2 Å². The molecule has 9 nitrogen and oxygen atoms in total. The molecule has 1 fully saturated rings. The number of aliphatic imine (C=N–C) groups is 1. The Balaban J connectivity index is 1.39. The fourth-order valence-corrected chi connectivity index (χ4v) is 4.15. The molecule has 1 unspecified atom stereocenters. The van der Waals surface area contributed by atoms with Gasteiger partial charge in [0.1, 0.15) is 12.4 Å². The lowest BCUT2D eigenvalue weighted by atomic mass is 10.1. The second-order valence-electron chi connectivity index (χ2n) is 8.18. The average molecular weight is 421 g/mol. The molecule has 3 rings (SSSR count). The molecule has 2 aliphatic rings. The zero-order valence-corrected chi connectivity index (χ0v) is 19.1. The van der Waals surface area contributed by atoms with Crippen LogP contribution in [-0.4, -0.2) is 96.0 Å². The van der Waals surface area contributed by atoms with Gasteiger partial charge in [0.05, 0.1) is 6.54 Å². The fraction of sp³-hybridized carbons (Fsp3) is 0.857. The number of piperazine rings is 1. The van der Waals surface area contributed by atoms with Gasteiger partial charge in [0.25, 0.3) is 0 Å². The quantitative estimate of drug-likeness (QED) is 0.328. The lowest BCUT2D eigenvalue weighted by molar-refractivity contribution is 0.136. The van der Waals surface area contributed by atoms with E-state index in [-0.39, 0.29) is 0 Å². The van der Waals surface area contributed by atoms with E-state index >= 15 is 0 Å². The molecule has 0 saturated carbocycles. The minimum absolute atomic E-state index is 0.322. The van der Waals surface area contributed by atoms with Crippen LogP contribution in [-0.2, 0) is 24.3 Å². The van der Waals surface area contributed by atoms with E-state index in [0.29, 0.717) is 12.6 Å². The second-order valence-corrected chi connectivity index (χ2v) is 8.18. The van der Waals surface area contributed by atoms with E-state index in [2.05, 4.69) is 44.4 Å². The van der Waals surface area contributed by atoms with Crippen LogP contribution in [0, 0.1) is 0 Å². The summed E-state index contributed by atoms with van der Waals surface area (Å²) in [5.41, 5.74) is 0. The number of nitrogens with zero attached hydrogens (tertiary/aromatic N) is 6. The Kier molecular flexibility index (Phi) is 9.35. The number of likely N-dealkylation sites (N-methyl/N-ethyl adjacent to an activating group) is 1. The van der Waals surface area contributed by atoms with E-state index in [9.17, 15) is 0 Å². The number of guanidine groups is 1. The highest BCUT2D eigenvalue weighted by molar-refractivity contribution is 5.80. The number of fused-ring (bicyclic) bond motifs is 1. The molecule has 1 aromatic heterocycles. The summed E-state index contributed by atoms with van der Waals surface area (Å²) in [6.07, 6.45) is 4.31. The van der Waals surface area contributed by atoms with Crippen LogP contribution in [0.4, 0.5) is 0 Å². The van der Waals surface area contributed by atoms with Crippen molar-refractivity contribution in [1.29, 1.82) is 0 Å². The third-order valence-corrected chi connectivity index (χ3v) is 5.92. The van der Waals surface area contributed by atoms with Gasteiger partial charge in [0, 0.05) is 58.8 Å². The van der Waals surface area contributed by atoms with Gasteiger partial charge in [-0.3, -0.25) is 4.99 Å². The van der Waals surface area contributed by atoms with Gasteiger partial charge >= 0.3 is 0 Å². The van der Waals surface area contributed by atoms with Crippen molar-refractivity contribution in [3.8, 4) is 0 Å². The summed E-state index contributed by atoms with van der Waals surface area (Å²) in [6, 6.07) is 0.322. The van der Waals surface area contributed by atoms with Crippen molar-refractivity contribution in [3.63, 3.8) is 0 Å². The Morgan fingerprint density at radius 3 is 2.70 bits per heavy atom. The summed E-state index contributed by atoms with van der Waals surface area (Å²) < 4.78 is 7.16. The molecule has 0 radical (unpaired) electrons. The Morgan fingerprint density at radius 2 is 1.97 bits per heavy atom. The van der Waals surface area contributed by atoms with Crippen LogP contribution in [0.3, 0.4) is 0 Å². The fourth-order valence-electron chi connectivity index (χ4n) is 4.15. The highest BCUT2D eigenvalue weighted by atomic mass is 16.5. The predicted octanol–water partition coefficient (Wildman–Crippen LogP) is 0.712. The number of nitrogens with one attached hydrogen (secondary N) is 2. The first-order valence-corrected chi connectivity index (χ1v) is 11.6. The van der Waals surface area contributed by atoms with Crippen molar-refractivity contribution in [3.05, 3.63) is 11.6 Å². The molecule has 0 spiro atoms. The summed E-state index contributed by atoms with van der Waals surface area (Å²) in [5.74, 6) is 2.74. The van der Waals surface area contributed by atoms with Crippen molar-refractivity contribution < 1.29 is 4.74 Å². The van der Waals surface area contributed by atoms with Crippen LogP contribution in [0.2, 0.25) is 0 Å². The summed E-state index contributed by atoms with van der Waals surface area (Å²) in [5, 5.41) is 11.5. The van der Waals surface area contributed by atoms with E-state index in [1.807, 2.05) is 4.68 Å². The average Bonchev–Trinajstić information content (AvgIpc) is 3.16. The lowest BCUT2D eigenvalue weighted by Crippen LogP contribution is -2.47. The minimum Gasteiger partial charge on any atom is -0.377 e. The number of rotatable bonds is 10. The number of hydrogen-bond acceptors (Lipinski definition) is 6. The first kappa shape index (κ1) is 23.0. The number of hydrogen-bond donors (Lipinski definition) is 2. The smallest absolute Gasteiger partial charge is 0.191 e. The van der Waals surface area contributed by atoms with Crippen molar-refractivity contribution in [2.45, 2.75) is 58.7 Å². The Bertz CT molecular complexity index is 653. The molecule has 0 amide bonds. The van der Waals surface area contributed by atoms with E-state index in [0.717, 1.165) is 56.5 Å². The van der Waals surface area contributed by atoms with Gasteiger partial charge in [-0.15, -0.1) is 0 Å². The van der Waals surface area contributed by atoms with E-state index in [1.54, 1.807) is 7.11 Å². The monoisotopic (exact) mass is 420 g/mol. The van der Waals surface area contributed by atoms with Crippen LogP contribution in [0.5, 0.6) is 0 Å². The van der Waals surface area contributed by atoms with Crippen LogP contribution >= 0.6 is 0 Å². The van der Waals surface area contributed by atoms with E-state index in [1.165, 1.54) is 45.7 Å². The van der Waals surface area contributed by atoms with Gasteiger partial charge in [-0.05, 0) is 39.3 Å². The first-order chi connectivity index (χ1) is 14.7. The Hall–Kier alpha value is -1.71. The number of methoxy groups -OCH3 is 1. The van der Waals surface area contributed by atoms with E-state index in [4.69, 9.17) is 9.73 Å². The molecular formula is C21H40N8O. The maximum atomic E-state index is 5.15. The van der Waals surface area contributed by atoms with Crippen LogP contribution in [0.1, 0.15) is 44.8 Å². The number of aromatic nitrogens is 3. The van der Waals surface area contributed by atoms with E-state index < -0.39 is 0 Å². The second kappa shape index (κ2) is 12.2. The summed E-state index contributed by atoms with van der Waals surface area (Å²) in [4.78, 5) is 14.5. The largest absolute Gasteiger partial charge is 0.377 e. The molecule has 30 heavy (non-hydrogen) atoms. The summed E-state index contributed by atoms with van der Waals surface area (Å²) in [7, 11) is 1.68. The van der Waals surface area contributed by atoms with Crippen LogP contribution in [0.15, 0.2) is 4.99 Å². The molecule has 9 heteroatoms. The lowest BCUT2D eigenvalue weighted by Gasteiger charge is -2.33. The molecule has 2 aliphatic heterocycles. The Labute approximate surface area is 181 Å². The van der Waals surface area contributed by atoms with Gasteiger partial charge in [-0.1, -0.05) is 6.92 Å². The molecule has 0 aromatic carbocycles. The van der Waals surface area contributed by atoms with Gasteiger partial charge in [0.2, 0.25) is 0 Å². The van der Waals surface area contributed by atoms with Crippen molar-refractivity contribution >= 4 is 5.96 Å². The molecule has 1 saturated heterocycles. The summed E-state index contributed by atoms with van der Waals surface area (Å²) in [6.45, 7) is 14.6. The minimum atomic E-state index is 0.322. The van der Waals surface area contributed by atoms with Gasteiger partial charge in [0.15, 0.2) is 11.8 Å². The topological polar surface area (TPSA) is 82.8 Å². The normalized spacial score (nSPS) is 20.9. The standard InChI is InChI=1S/C21H40N8O/c1-4-22-21(23-10-6-7-11-28-14-12-27(5-2)13-15-28)24-18-8-9-20-25-19(17-30-3)26-29(20)16-18/h18H,4-17H2,1-3H3,(H2,22,23,24). The van der Waals surface area contributed by atoms with Gasteiger partial charge in [-0.2, -0.15) is 5.10 Å². The van der Waals surface area contributed by atoms with Crippen LogP contribution in [0.25, 0.3) is 0 Å². The SMILES string of the molecule is CCNC(=NCCCCN1CCN(CC)CC1)NC1CCc2nc(COC)nn2C1. The third kappa shape index (κ3) is 6.92. The molecule has 1 aromatic rings. The third-order valence-electron chi connectivity index (χ3n) is 5.92. The zero-order valence-electron chi connectivity index (χ0n) is 19.1. The summed E-state index contributed by atoms with van der Waals surface area (Å²) >= 11 is 0. The number of ether oxygens (including phenoxy) is 1. The molecule has 1 atom stereocenters. The molecular weight excluding hydrogens is 380 g/mol. The van der Waals surface area contributed by atoms with Crippen LogP contribution < -0.4 is 10.6 Å². The maximum Gasteiger partial charge on any atom is 0.191 e. The molecule has 170 valence electrons. The highest BCUT2D eigenvalue weighted by Crippen LogP contribution is 2.13. The predicted molar refractivity (Wildman–Crippen MR) is 120 cm³/mol. The molecule has 0 aliphatic carbocycles. The Morgan fingerprint density at radius 1 is 1.17 bits per heavy atom. The van der Waals surface area contributed by atoms with Gasteiger partial charge in [-0.25, -0.2) is 9.67 Å². The molecule has 3 heterocycles. The molecule has 2 N–H and O–H groups in total. The van der Waals surface area contributed by atoms with Crippen molar-refractivity contribution in [2.24, 2.45) is 4.99 Å². The zero-order chi connectivity index (χ0) is 21.2. The molecule has 0 bridgehead atoms. The van der Waals surface area contributed by atoms with Crippen molar-refractivity contribution in [1.82, 2.24) is 35.2 Å². The highest BCUT2D eigenvalue weighted by Gasteiger charge is 2.22. The first-order valence-electron chi connectivity index (χ1n) is 11.6. The van der Waals surface area contributed by atoms with Crippen molar-refractivity contribution in [2.75, 3.05) is 59.5 Å². The number of unbranched alkanes of at least 4 members (excludes halogenated alkanes) is 1. The number of aryl methyl sites for hydroxylation is 1.